The third-order valence-corrected chi connectivity index (χ3v) is 1.66. The largest absolute Gasteiger partial charge is 0.384 e. The molecule has 1 saturated heterocycles. The van der Waals surface area contributed by atoms with Crippen LogP contribution >= 0.6 is 0 Å². The minimum atomic E-state index is -0.330. The second-order valence-corrected chi connectivity index (χ2v) is 2.66. The van der Waals surface area contributed by atoms with Gasteiger partial charge in [0, 0.05) is 0 Å². The summed E-state index contributed by atoms with van der Waals surface area (Å²) in [6, 6.07) is 5.38. The van der Waals surface area contributed by atoms with Crippen molar-refractivity contribution in [3.8, 4) is 0 Å². The van der Waals surface area contributed by atoms with Crippen LogP contribution in [0, 0.1) is 0 Å². The van der Waals surface area contributed by atoms with Crippen LogP contribution < -0.4 is 5.73 Å². The molecular formula is C8H10N2O2. The van der Waals surface area contributed by atoms with Crippen LogP contribution in [-0.2, 0) is 9.47 Å². The molecule has 0 aliphatic carbocycles. The molecule has 0 spiro atoms. The molecule has 1 aliphatic heterocycles. The van der Waals surface area contributed by atoms with Gasteiger partial charge in [0.05, 0.1) is 5.69 Å². The first kappa shape index (κ1) is 7.52. The third kappa shape index (κ3) is 1.26. The molecule has 0 aromatic carbocycles. The van der Waals surface area contributed by atoms with E-state index in [0.717, 1.165) is 5.69 Å². The van der Waals surface area contributed by atoms with Crippen LogP contribution in [0.2, 0.25) is 0 Å². The van der Waals surface area contributed by atoms with Crippen molar-refractivity contribution in [2.75, 3.05) is 5.73 Å². The summed E-state index contributed by atoms with van der Waals surface area (Å²) in [7, 11) is 0. The molecule has 1 aromatic rings. The fourth-order valence-electron chi connectivity index (χ4n) is 1.10. The number of aromatic nitrogens is 1. The molecule has 4 heteroatoms. The van der Waals surface area contributed by atoms with Gasteiger partial charge in [0.1, 0.15) is 5.82 Å². The molecule has 0 unspecified atom stereocenters. The van der Waals surface area contributed by atoms with E-state index in [1.807, 2.05) is 19.1 Å². The standard InChI is InChI=1S/C8H10N2O2/c1-5-11-8(12-5)6-3-2-4-7(9)10-6/h2-5,8H,1H3,(H2,9,10). The summed E-state index contributed by atoms with van der Waals surface area (Å²) >= 11 is 0. The van der Waals surface area contributed by atoms with Gasteiger partial charge in [-0.15, -0.1) is 0 Å². The maximum absolute atomic E-state index is 5.49. The van der Waals surface area contributed by atoms with E-state index in [-0.39, 0.29) is 12.6 Å². The van der Waals surface area contributed by atoms with E-state index in [1.165, 1.54) is 0 Å². The SMILES string of the molecule is CC1OC(c2cccc(N)n2)O1. The number of anilines is 1. The zero-order valence-electron chi connectivity index (χ0n) is 6.73. The van der Waals surface area contributed by atoms with Crippen molar-refractivity contribution in [2.45, 2.75) is 19.5 Å². The van der Waals surface area contributed by atoms with Gasteiger partial charge in [0.2, 0.25) is 6.29 Å². The van der Waals surface area contributed by atoms with E-state index in [2.05, 4.69) is 4.98 Å². The molecule has 0 bridgehead atoms. The summed E-state index contributed by atoms with van der Waals surface area (Å²) in [6.07, 6.45) is -0.457. The fraction of sp³-hybridized carbons (Fsp3) is 0.375. The van der Waals surface area contributed by atoms with Crippen molar-refractivity contribution in [1.29, 1.82) is 0 Å². The number of nitrogen functional groups attached to an aromatic ring is 1. The molecule has 0 amide bonds. The molecule has 0 radical (unpaired) electrons. The smallest absolute Gasteiger partial charge is 0.206 e. The summed E-state index contributed by atoms with van der Waals surface area (Å²) < 4.78 is 10.5. The molecule has 1 aliphatic rings. The van der Waals surface area contributed by atoms with Crippen molar-refractivity contribution in [2.24, 2.45) is 0 Å². The normalized spacial score (nSPS) is 28.1. The lowest BCUT2D eigenvalue weighted by molar-refractivity contribution is -0.383. The average Bonchev–Trinajstić information content (AvgIpc) is 1.99. The second-order valence-electron chi connectivity index (χ2n) is 2.66. The number of hydrogen-bond acceptors (Lipinski definition) is 4. The predicted molar refractivity (Wildman–Crippen MR) is 43.0 cm³/mol. The van der Waals surface area contributed by atoms with Gasteiger partial charge >= 0.3 is 0 Å². The Balaban J connectivity index is 2.13. The molecule has 2 N–H and O–H groups in total. The number of hydrogen-bond donors (Lipinski definition) is 1. The van der Waals surface area contributed by atoms with Gasteiger partial charge in [-0.3, -0.25) is 0 Å². The first-order chi connectivity index (χ1) is 5.75. The Kier molecular flexibility index (Phi) is 1.71. The topological polar surface area (TPSA) is 57.4 Å². The van der Waals surface area contributed by atoms with E-state index in [0.29, 0.717) is 5.82 Å². The zero-order chi connectivity index (χ0) is 8.55. The zero-order valence-corrected chi connectivity index (χ0v) is 6.73. The Labute approximate surface area is 70.3 Å². The Hall–Kier alpha value is -1.13. The number of ether oxygens (including phenoxy) is 2. The Morgan fingerprint density at radius 3 is 2.75 bits per heavy atom. The fourth-order valence-corrected chi connectivity index (χ4v) is 1.10. The van der Waals surface area contributed by atoms with Crippen LogP contribution in [0.1, 0.15) is 18.9 Å². The second kappa shape index (κ2) is 2.73. The molecule has 2 rings (SSSR count). The minimum absolute atomic E-state index is 0.127. The van der Waals surface area contributed by atoms with Gasteiger partial charge in [-0.05, 0) is 19.1 Å². The summed E-state index contributed by atoms with van der Waals surface area (Å²) in [5.41, 5.74) is 6.22. The molecular weight excluding hydrogens is 156 g/mol. The monoisotopic (exact) mass is 166 g/mol. The van der Waals surface area contributed by atoms with Gasteiger partial charge in [0.15, 0.2) is 6.29 Å². The van der Waals surface area contributed by atoms with Gasteiger partial charge in [0.25, 0.3) is 0 Å². The molecule has 2 heterocycles. The highest BCUT2D eigenvalue weighted by Gasteiger charge is 2.29. The van der Waals surface area contributed by atoms with E-state index < -0.39 is 0 Å². The van der Waals surface area contributed by atoms with Gasteiger partial charge in [-0.2, -0.15) is 0 Å². The average molecular weight is 166 g/mol. The molecule has 4 nitrogen and oxygen atoms in total. The van der Waals surface area contributed by atoms with E-state index in [1.54, 1.807) is 6.07 Å². The lowest BCUT2D eigenvalue weighted by Gasteiger charge is -2.33. The van der Waals surface area contributed by atoms with Crippen LogP contribution in [0.25, 0.3) is 0 Å². The van der Waals surface area contributed by atoms with Crippen molar-refractivity contribution < 1.29 is 9.47 Å². The van der Waals surface area contributed by atoms with Crippen molar-refractivity contribution >= 4 is 5.82 Å². The summed E-state index contributed by atoms with van der Waals surface area (Å²) in [5, 5.41) is 0. The van der Waals surface area contributed by atoms with Gasteiger partial charge < -0.3 is 15.2 Å². The summed E-state index contributed by atoms with van der Waals surface area (Å²) in [5.74, 6) is 0.485. The quantitative estimate of drug-likeness (QED) is 0.677. The van der Waals surface area contributed by atoms with E-state index >= 15 is 0 Å². The Bertz CT molecular complexity index is 284. The van der Waals surface area contributed by atoms with Crippen molar-refractivity contribution in [3.63, 3.8) is 0 Å². The lowest BCUT2D eigenvalue weighted by Crippen LogP contribution is -2.32. The number of rotatable bonds is 1. The highest BCUT2D eigenvalue weighted by Crippen LogP contribution is 2.29. The number of pyridine rings is 1. The minimum Gasteiger partial charge on any atom is -0.384 e. The molecule has 12 heavy (non-hydrogen) atoms. The number of nitrogens with two attached hydrogens (primary N) is 1. The Morgan fingerprint density at radius 2 is 2.17 bits per heavy atom. The van der Waals surface area contributed by atoms with Crippen LogP contribution in [0.4, 0.5) is 5.82 Å². The van der Waals surface area contributed by atoms with Gasteiger partial charge in [-0.25, -0.2) is 4.98 Å². The molecule has 0 saturated carbocycles. The van der Waals surface area contributed by atoms with E-state index in [4.69, 9.17) is 15.2 Å². The first-order valence-corrected chi connectivity index (χ1v) is 3.79. The van der Waals surface area contributed by atoms with Crippen molar-refractivity contribution in [3.05, 3.63) is 23.9 Å². The highest BCUT2D eigenvalue weighted by atomic mass is 16.9. The van der Waals surface area contributed by atoms with Crippen molar-refractivity contribution in [1.82, 2.24) is 4.98 Å². The Morgan fingerprint density at radius 1 is 1.42 bits per heavy atom. The summed E-state index contributed by atoms with van der Waals surface area (Å²) in [4.78, 5) is 4.06. The maximum atomic E-state index is 5.49. The maximum Gasteiger partial charge on any atom is 0.206 e. The van der Waals surface area contributed by atoms with Crippen LogP contribution in [-0.4, -0.2) is 11.3 Å². The lowest BCUT2D eigenvalue weighted by atomic mass is 10.3. The van der Waals surface area contributed by atoms with Crippen LogP contribution in [0.3, 0.4) is 0 Å². The molecule has 1 fully saturated rings. The van der Waals surface area contributed by atoms with Crippen LogP contribution in [0.5, 0.6) is 0 Å². The van der Waals surface area contributed by atoms with Crippen LogP contribution in [0.15, 0.2) is 18.2 Å². The molecule has 0 atom stereocenters. The highest BCUT2D eigenvalue weighted by molar-refractivity contribution is 5.29. The summed E-state index contributed by atoms with van der Waals surface area (Å²) in [6.45, 7) is 1.84. The molecule has 64 valence electrons. The predicted octanol–water partition coefficient (Wildman–Crippen LogP) is 1.06. The van der Waals surface area contributed by atoms with Gasteiger partial charge in [-0.1, -0.05) is 6.07 Å². The third-order valence-electron chi connectivity index (χ3n) is 1.66. The van der Waals surface area contributed by atoms with E-state index in [9.17, 15) is 0 Å². The first-order valence-electron chi connectivity index (χ1n) is 3.79. The molecule has 1 aromatic heterocycles. The number of nitrogens with zero attached hydrogens (tertiary/aromatic N) is 1.